The van der Waals surface area contributed by atoms with Gasteiger partial charge in [-0.25, -0.2) is 0 Å². The molecule has 0 aliphatic rings. The standard InChI is InChI=1S/C58H40N2/c1-5-17-41(18-6-1)43-31-33-48(34-32-43)59(55-38-37-50(44-21-9-3-10-22-44)52-27-13-14-28-53(52)55)49-35-36-54-57(40-49)60(47-25-11-4-12-26-47)56-30-16-29-51(58(54)56)46-24-15-23-45(39-46)42-19-7-2-8-20-42/h1-40H. The van der Waals surface area contributed by atoms with Crippen LogP contribution in [0.3, 0.4) is 0 Å². The Labute approximate surface area is 350 Å². The van der Waals surface area contributed by atoms with Gasteiger partial charge in [0.1, 0.15) is 0 Å². The Bertz CT molecular complexity index is 3280. The Balaban J connectivity index is 1.15. The molecule has 0 saturated carbocycles. The lowest BCUT2D eigenvalue weighted by Gasteiger charge is -2.28. The van der Waals surface area contributed by atoms with Gasteiger partial charge in [0.25, 0.3) is 0 Å². The molecule has 0 bridgehead atoms. The van der Waals surface area contributed by atoms with Gasteiger partial charge in [-0.1, -0.05) is 188 Å². The van der Waals surface area contributed by atoms with Crippen LogP contribution < -0.4 is 4.90 Å². The van der Waals surface area contributed by atoms with Crippen molar-refractivity contribution in [3.8, 4) is 50.2 Å². The van der Waals surface area contributed by atoms with Crippen molar-refractivity contribution in [1.29, 1.82) is 0 Å². The molecule has 282 valence electrons. The first-order valence-corrected chi connectivity index (χ1v) is 20.6. The van der Waals surface area contributed by atoms with Gasteiger partial charge in [-0.2, -0.15) is 0 Å². The number of aromatic nitrogens is 1. The van der Waals surface area contributed by atoms with Gasteiger partial charge in [-0.15, -0.1) is 0 Å². The molecule has 0 aliphatic carbocycles. The van der Waals surface area contributed by atoms with Crippen molar-refractivity contribution in [2.24, 2.45) is 0 Å². The minimum atomic E-state index is 1.08. The molecule has 60 heavy (non-hydrogen) atoms. The van der Waals surface area contributed by atoms with E-state index in [0.717, 1.165) is 28.3 Å². The lowest BCUT2D eigenvalue weighted by Crippen LogP contribution is -2.11. The van der Waals surface area contributed by atoms with Crippen molar-refractivity contribution in [3.05, 3.63) is 243 Å². The molecule has 0 saturated heterocycles. The highest BCUT2D eigenvalue weighted by atomic mass is 15.1. The predicted octanol–water partition coefficient (Wildman–Crippen LogP) is 16.1. The second-order valence-electron chi connectivity index (χ2n) is 15.3. The van der Waals surface area contributed by atoms with Crippen LogP contribution in [0.4, 0.5) is 17.1 Å². The summed E-state index contributed by atoms with van der Waals surface area (Å²) in [5.41, 5.74) is 16.4. The van der Waals surface area contributed by atoms with Crippen LogP contribution in [0.15, 0.2) is 243 Å². The average Bonchev–Trinajstić information content (AvgIpc) is 3.67. The molecule has 2 nitrogen and oxygen atoms in total. The van der Waals surface area contributed by atoms with Crippen LogP contribution in [0.2, 0.25) is 0 Å². The Kier molecular flexibility index (Phi) is 8.87. The minimum absolute atomic E-state index is 1.08. The number of nitrogens with zero attached hydrogens (tertiary/aromatic N) is 2. The topological polar surface area (TPSA) is 8.17 Å². The third-order valence-corrected chi connectivity index (χ3v) is 11.8. The lowest BCUT2D eigenvalue weighted by molar-refractivity contribution is 1.18. The second-order valence-corrected chi connectivity index (χ2v) is 15.3. The number of para-hydroxylation sites is 1. The zero-order valence-electron chi connectivity index (χ0n) is 33.0. The Hall–Kier alpha value is -7.94. The highest BCUT2D eigenvalue weighted by molar-refractivity contribution is 6.17. The van der Waals surface area contributed by atoms with Gasteiger partial charge in [-0.05, 0) is 104 Å². The molecule has 0 fully saturated rings. The molecule has 0 N–H and O–H groups in total. The van der Waals surface area contributed by atoms with Gasteiger partial charge in [-0.3, -0.25) is 0 Å². The predicted molar refractivity (Wildman–Crippen MR) is 255 cm³/mol. The van der Waals surface area contributed by atoms with Crippen LogP contribution in [0.1, 0.15) is 0 Å². The summed E-state index contributed by atoms with van der Waals surface area (Å²) < 4.78 is 2.44. The maximum Gasteiger partial charge on any atom is 0.0562 e. The number of hydrogen-bond acceptors (Lipinski definition) is 1. The monoisotopic (exact) mass is 764 g/mol. The summed E-state index contributed by atoms with van der Waals surface area (Å²) in [6.07, 6.45) is 0. The maximum atomic E-state index is 2.44. The number of anilines is 3. The molecular formula is C58H40N2. The lowest BCUT2D eigenvalue weighted by atomic mass is 9.95. The van der Waals surface area contributed by atoms with Crippen LogP contribution in [0.5, 0.6) is 0 Å². The van der Waals surface area contributed by atoms with Crippen molar-refractivity contribution in [1.82, 2.24) is 4.57 Å². The van der Waals surface area contributed by atoms with Crippen molar-refractivity contribution in [2.75, 3.05) is 4.90 Å². The Morgan fingerprint density at radius 3 is 1.55 bits per heavy atom. The van der Waals surface area contributed by atoms with Gasteiger partial charge in [0.2, 0.25) is 0 Å². The molecule has 11 rings (SSSR count). The van der Waals surface area contributed by atoms with E-state index in [2.05, 4.69) is 252 Å². The maximum absolute atomic E-state index is 2.44. The summed E-state index contributed by atoms with van der Waals surface area (Å²) in [5, 5.41) is 4.86. The van der Waals surface area contributed by atoms with Gasteiger partial charge in [0, 0.05) is 33.2 Å². The quantitative estimate of drug-likeness (QED) is 0.150. The van der Waals surface area contributed by atoms with E-state index in [4.69, 9.17) is 0 Å². The summed E-state index contributed by atoms with van der Waals surface area (Å²) in [6.45, 7) is 0. The summed E-state index contributed by atoms with van der Waals surface area (Å²) in [4.78, 5) is 2.43. The SMILES string of the molecule is c1ccc(-c2ccc(N(c3ccc4c5c(-c6cccc(-c7ccccc7)c6)cccc5n(-c5ccccc5)c4c3)c3ccc(-c4ccccc4)c4ccccc34)cc2)cc1. The van der Waals surface area contributed by atoms with Gasteiger partial charge in [0.05, 0.1) is 16.7 Å². The average molecular weight is 765 g/mol. The van der Waals surface area contributed by atoms with E-state index in [-0.39, 0.29) is 0 Å². The van der Waals surface area contributed by atoms with Gasteiger partial charge >= 0.3 is 0 Å². The zero-order valence-corrected chi connectivity index (χ0v) is 33.0. The fraction of sp³-hybridized carbons (Fsp3) is 0. The molecule has 0 atom stereocenters. The summed E-state index contributed by atoms with van der Waals surface area (Å²) in [6, 6.07) is 87.9. The molecule has 1 heterocycles. The van der Waals surface area contributed by atoms with E-state index in [1.54, 1.807) is 0 Å². The van der Waals surface area contributed by atoms with E-state index < -0.39 is 0 Å². The van der Waals surface area contributed by atoms with E-state index >= 15 is 0 Å². The minimum Gasteiger partial charge on any atom is -0.310 e. The molecule has 2 heteroatoms. The highest BCUT2D eigenvalue weighted by Gasteiger charge is 2.22. The first kappa shape index (κ1) is 35.2. The van der Waals surface area contributed by atoms with Crippen LogP contribution >= 0.6 is 0 Å². The van der Waals surface area contributed by atoms with Crippen LogP contribution in [-0.4, -0.2) is 4.57 Å². The fourth-order valence-corrected chi connectivity index (χ4v) is 9.00. The van der Waals surface area contributed by atoms with Crippen molar-refractivity contribution in [2.45, 2.75) is 0 Å². The number of rotatable bonds is 8. The first-order chi connectivity index (χ1) is 29.8. The molecule has 0 radical (unpaired) electrons. The third kappa shape index (κ3) is 6.23. The number of fused-ring (bicyclic) bond motifs is 4. The molecule has 0 aliphatic heterocycles. The molecular weight excluding hydrogens is 725 g/mol. The van der Waals surface area contributed by atoms with E-state index in [0.29, 0.717) is 0 Å². The van der Waals surface area contributed by atoms with Crippen molar-refractivity contribution >= 4 is 49.6 Å². The van der Waals surface area contributed by atoms with E-state index in [1.807, 2.05) is 0 Å². The summed E-state index contributed by atoms with van der Waals surface area (Å²) >= 11 is 0. The smallest absolute Gasteiger partial charge is 0.0562 e. The van der Waals surface area contributed by atoms with Gasteiger partial charge in [0.15, 0.2) is 0 Å². The van der Waals surface area contributed by atoms with Gasteiger partial charge < -0.3 is 9.47 Å². The Morgan fingerprint density at radius 1 is 0.283 bits per heavy atom. The summed E-state index contributed by atoms with van der Waals surface area (Å²) in [7, 11) is 0. The first-order valence-electron chi connectivity index (χ1n) is 20.6. The number of benzene rings is 10. The zero-order chi connectivity index (χ0) is 39.8. The molecule has 0 spiro atoms. The highest BCUT2D eigenvalue weighted by Crippen LogP contribution is 2.46. The second kappa shape index (κ2) is 15.1. The van der Waals surface area contributed by atoms with Crippen LogP contribution in [-0.2, 0) is 0 Å². The Morgan fingerprint density at radius 2 is 0.833 bits per heavy atom. The fourth-order valence-electron chi connectivity index (χ4n) is 9.00. The van der Waals surface area contributed by atoms with Crippen LogP contribution in [0, 0.1) is 0 Å². The molecule has 1 aromatic heterocycles. The largest absolute Gasteiger partial charge is 0.310 e. The third-order valence-electron chi connectivity index (χ3n) is 11.8. The van der Waals surface area contributed by atoms with E-state index in [1.165, 1.54) is 71.6 Å². The molecule has 11 aromatic rings. The van der Waals surface area contributed by atoms with Crippen molar-refractivity contribution < 1.29 is 0 Å². The molecule has 0 amide bonds. The van der Waals surface area contributed by atoms with E-state index in [9.17, 15) is 0 Å². The van der Waals surface area contributed by atoms with Crippen molar-refractivity contribution in [3.63, 3.8) is 0 Å². The molecule has 10 aromatic carbocycles. The van der Waals surface area contributed by atoms with Crippen LogP contribution in [0.25, 0.3) is 82.8 Å². The number of hydrogen-bond donors (Lipinski definition) is 0. The summed E-state index contributed by atoms with van der Waals surface area (Å²) in [5.74, 6) is 0. The normalized spacial score (nSPS) is 11.3. The molecule has 0 unspecified atom stereocenters.